The molecule has 0 aliphatic heterocycles. The molecule has 9 heteroatoms. The Labute approximate surface area is 381 Å². The second-order valence-electron chi connectivity index (χ2n) is 17.1. The van der Waals surface area contributed by atoms with Crippen LogP contribution in [0, 0.1) is 0 Å². The maximum absolute atomic E-state index is 12.7. The van der Waals surface area contributed by atoms with Crippen LogP contribution < -0.4 is 4.89 Å². The number of allylic oxidation sites excluding steroid dienone is 16. The van der Waals surface area contributed by atoms with Crippen molar-refractivity contribution in [3.8, 4) is 0 Å². The van der Waals surface area contributed by atoms with E-state index in [0.717, 1.165) is 103 Å². The Hall–Kier alpha value is -2.58. The van der Waals surface area contributed by atoms with Crippen LogP contribution in [0.2, 0.25) is 0 Å². The number of quaternary nitrogens is 1. The van der Waals surface area contributed by atoms with Crippen molar-refractivity contribution in [1.29, 1.82) is 0 Å². The second-order valence-corrected chi connectivity index (χ2v) is 18.5. The van der Waals surface area contributed by atoms with E-state index in [0.29, 0.717) is 17.6 Å². The highest BCUT2D eigenvalue weighted by atomic mass is 31.2. The quantitative estimate of drug-likeness (QED) is 0.0198. The van der Waals surface area contributed by atoms with Crippen LogP contribution in [-0.4, -0.2) is 70.7 Å². The van der Waals surface area contributed by atoms with E-state index in [-0.39, 0.29) is 32.2 Å². The number of hydrogen-bond donors (Lipinski definition) is 0. The molecule has 0 bridgehead atoms. The van der Waals surface area contributed by atoms with Gasteiger partial charge < -0.3 is 27.9 Å². The Bertz CT molecular complexity index is 1310. The molecular weight excluding hydrogens is 794 g/mol. The fraction of sp³-hybridized carbons (Fsp3) is 0.679. The maximum atomic E-state index is 12.7. The number of carbonyl (C=O) groups is 1. The molecule has 0 heterocycles. The number of ether oxygens (including phenoxy) is 2. The summed E-state index contributed by atoms with van der Waals surface area (Å²) < 4.78 is 34.6. The minimum Gasteiger partial charge on any atom is -0.756 e. The molecule has 0 amide bonds. The van der Waals surface area contributed by atoms with Crippen molar-refractivity contribution in [2.75, 3.05) is 54.1 Å². The molecule has 0 aromatic rings. The van der Waals surface area contributed by atoms with E-state index in [9.17, 15) is 14.3 Å². The van der Waals surface area contributed by atoms with Gasteiger partial charge in [-0.3, -0.25) is 9.36 Å². The fourth-order valence-corrected chi connectivity index (χ4v) is 6.82. The first-order chi connectivity index (χ1) is 30.1. The van der Waals surface area contributed by atoms with Crippen LogP contribution in [0.1, 0.15) is 174 Å². The number of likely N-dealkylation sites (N-methyl/N-ethyl adjacent to an activating group) is 1. The molecule has 0 saturated heterocycles. The summed E-state index contributed by atoms with van der Waals surface area (Å²) in [7, 11) is 1.32. The zero-order valence-electron chi connectivity index (χ0n) is 40.3. The topological polar surface area (TPSA) is 94.1 Å². The highest BCUT2D eigenvalue weighted by Crippen LogP contribution is 2.38. The molecule has 0 N–H and O–H groups in total. The standard InChI is InChI=1S/C53H92NO7P/c1-6-8-10-12-14-16-18-20-22-23-24-25-26-27-28-29-30-31-32-34-36-38-40-42-44-46-53(55)61-52(51-60-62(56,57)59-49-47-54(3,4)5)50-58-48-45-43-41-39-37-35-33-21-19-17-15-13-11-9-7-2/h8,10,13-16,19-22,24-25,27-28,30-31,52H,6-7,9,11-12,17-18,23,26,29,32-51H2,1-5H3/b10-8-,15-13-,16-14-,21-19-,22-20-,25-24-,28-27-,31-30-. The van der Waals surface area contributed by atoms with E-state index >= 15 is 0 Å². The Morgan fingerprint density at radius 2 is 0.935 bits per heavy atom. The van der Waals surface area contributed by atoms with E-state index in [2.05, 4.69) is 111 Å². The smallest absolute Gasteiger partial charge is 0.306 e. The van der Waals surface area contributed by atoms with Crippen molar-refractivity contribution in [3.05, 3.63) is 97.2 Å². The first kappa shape index (κ1) is 59.4. The van der Waals surface area contributed by atoms with Gasteiger partial charge in [-0.1, -0.05) is 175 Å². The van der Waals surface area contributed by atoms with Crippen molar-refractivity contribution in [2.45, 2.75) is 180 Å². The van der Waals surface area contributed by atoms with E-state index in [1.807, 2.05) is 21.1 Å². The number of esters is 1. The summed E-state index contributed by atoms with van der Waals surface area (Å²) in [6, 6.07) is 0. The molecule has 0 aliphatic rings. The van der Waals surface area contributed by atoms with Crippen molar-refractivity contribution in [2.24, 2.45) is 0 Å². The lowest BCUT2D eigenvalue weighted by Crippen LogP contribution is -2.37. The van der Waals surface area contributed by atoms with Gasteiger partial charge in [0.15, 0.2) is 0 Å². The summed E-state index contributed by atoms with van der Waals surface area (Å²) in [5.41, 5.74) is 0. The molecule has 0 radical (unpaired) electrons. The number of rotatable bonds is 44. The molecule has 0 saturated carbocycles. The van der Waals surface area contributed by atoms with Gasteiger partial charge in [-0.2, -0.15) is 0 Å². The SMILES string of the molecule is CC/C=C\C/C=C\C/C=C\C/C=C\C/C=C\C/C=C\CCCCCCCCC(=O)OC(COCCCCCCCC/C=C\C/C=C\CCCC)COP(=O)([O-])OCC[N+](C)(C)C. The third-order valence-corrected chi connectivity index (χ3v) is 10.8. The lowest BCUT2D eigenvalue weighted by Gasteiger charge is -2.28. The third kappa shape index (κ3) is 48.5. The summed E-state index contributed by atoms with van der Waals surface area (Å²) >= 11 is 0. The van der Waals surface area contributed by atoms with Gasteiger partial charge in [0.1, 0.15) is 19.3 Å². The Balaban J connectivity index is 4.23. The van der Waals surface area contributed by atoms with E-state index < -0.39 is 13.9 Å². The average molecular weight is 886 g/mol. The normalized spacial score (nSPS) is 14.5. The Morgan fingerprint density at radius 3 is 1.40 bits per heavy atom. The minimum atomic E-state index is -4.54. The van der Waals surface area contributed by atoms with Crippen LogP contribution in [0.4, 0.5) is 0 Å². The van der Waals surface area contributed by atoms with Crippen LogP contribution in [0.25, 0.3) is 0 Å². The molecule has 8 nitrogen and oxygen atoms in total. The Kier molecular flexibility index (Phi) is 43.1. The van der Waals surface area contributed by atoms with Gasteiger partial charge in [-0.15, -0.1) is 0 Å². The minimum absolute atomic E-state index is 0.0151. The average Bonchev–Trinajstić information content (AvgIpc) is 3.23. The zero-order chi connectivity index (χ0) is 45.5. The molecule has 0 spiro atoms. The molecule has 0 fully saturated rings. The second kappa shape index (κ2) is 45.0. The fourth-order valence-electron chi connectivity index (χ4n) is 6.09. The van der Waals surface area contributed by atoms with Gasteiger partial charge in [0, 0.05) is 13.0 Å². The summed E-state index contributed by atoms with van der Waals surface area (Å²) in [6.45, 7) is 5.19. The molecule has 0 rings (SSSR count). The van der Waals surface area contributed by atoms with Crippen LogP contribution in [0.15, 0.2) is 97.2 Å². The monoisotopic (exact) mass is 886 g/mol. The van der Waals surface area contributed by atoms with Crippen molar-refractivity contribution in [3.63, 3.8) is 0 Å². The largest absolute Gasteiger partial charge is 0.756 e. The van der Waals surface area contributed by atoms with Crippen molar-refractivity contribution < 1.29 is 37.3 Å². The lowest BCUT2D eigenvalue weighted by atomic mass is 10.1. The summed E-state index contributed by atoms with van der Waals surface area (Å²) in [4.78, 5) is 25.1. The highest BCUT2D eigenvalue weighted by molar-refractivity contribution is 7.45. The molecule has 2 unspecified atom stereocenters. The number of unbranched alkanes of at least 4 members (excludes halogenated alkanes) is 14. The molecule has 356 valence electrons. The highest BCUT2D eigenvalue weighted by Gasteiger charge is 2.20. The number of phosphoric ester groups is 1. The molecule has 2 atom stereocenters. The van der Waals surface area contributed by atoms with Crippen molar-refractivity contribution in [1.82, 2.24) is 0 Å². The van der Waals surface area contributed by atoms with Crippen LogP contribution >= 0.6 is 7.82 Å². The van der Waals surface area contributed by atoms with E-state index in [1.165, 1.54) is 51.4 Å². The van der Waals surface area contributed by atoms with E-state index in [1.54, 1.807) is 0 Å². The molecule has 62 heavy (non-hydrogen) atoms. The number of phosphoric acid groups is 1. The lowest BCUT2D eigenvalue weighted by molar-refractivity contribution is -0.870. The van der Waals surface area contributed by atoms with Gasteiger partial charge in [0.05, 0.1) is 34.4 Å². The van der Waals surface area contributed by atoms with Gasteiger partial charge in [0.25, 0.3) is 7.82 Å². The predicted molar refractivity (Wildman–Crippen MR) is 263 cm³/mol. The summed E-state index contributed by atoms with van der Waals surface area (Å²) in [5, 5.41) is 0. The predicted octanol–water partition coefficient (Wildman–Crippen LogP) is 14.4. The van der Waals surface area contributed by atoms with Crippen molar-refractivity contribution >= 4 is 13.8 Å². The van der Waals surface area contributed by atoms with Gasteiger partial charge in [-0.05, 0) is 89.9 Å². The first-order valence-electron chi connectivity index (χ1n) is 24.5. The summed E-state index contributed by atoms with van der Waals surface area (Å²) in [5.74, 6) is -0.357. The van der Waals surface area contributed by atoms with Crippen LogP contribution in [0.3, 0.4) is 0 Å². The number of hydrogen-bond acceptors (Lipinski definition) is 7. The van der Waals surface area contributed by atoms with Gasteiger partial charge >= 0.3 is 5.97 Å². The molecule has 0 aliphatic carbocycles. The van der Waals surface area contributed by atoms with Crippen LogP contribution in [-0.2, 0) is 27.9 Å². The zero-order valence-corrected chi connectivity index (χ0v) is 41.2. The molecule has 0 aromatic carbocycles. The number of carbonyl (C=O) groups excluding carboxylic acids is 1. The Morgan fingerprint density at radius 1 is 0.516 bits per heavy atom. The first-order valence-corrected chi connectivity index (χ1v) is 25.9. The molecule has 0 aromatic heterocycles. The molecular formula is C53H92NO7P. The van der Waals surface area contributed by atoms with Gasteiger partial charge in [0.2, 0.25) is 0 Å². The number of nitrogens with zero attached hydrogens (tertiary/aromatic N) is 1. The third-order valence-electron chi connectivity index (χ3n) is 9.87. The van der Waals surface area contributed by atoms with E-state index in [4.69, 9.17) is 18.5 Å². The van der Waals surface area contributed by atoms with Crippen LogP contribution in [0.5, 0.6) is 0 Å². The summed E-state index contributed by atoms with van der Waals surface area (Å²) in [6.07, 6.45) is 61.4. The van der Waals surface area contributed by atoms with Gasteiger partial charge in [-0.25, -0.2) is 0 Å². The maximum Gasteiger partial charge on any atom is 0.306 e.